The van der Waals surface area contributed by atoms with Gasteiger partial charge in [0.25, 0.3) is 5.56 Å². The lowest BCUT2D eigenvalue weighted by atomic mass is 10.1. The number of carbonyl (C=O) groups excluding carboxylic acids is 2. The summed E-state index contributed by atoms with van der Waals surface area (Å²) in [6, 6.07) is 14.1. The minimum Gasteiger partial charge on any atom is -0.461 e. The molecule has 0 atom stereocenters. The van der Waals surface area contributed by atoms with E-state index in [9.17, 15) is 14.4 Å². The van der Waals surface area contributed by atoms with Gasteiger partial charge in [-0.3, -0.25) is 9.59 Å². The van der Waals surface area contributed by atoms with Gasteiger partial charge in [-0.15, -0.1) is 11.3 Å². The molecule has 4 aromatic rings. The number of nitrogens with zero attached hydrogens (tertiary/aromatic N) is 2. The fourth-order valence-electron chi connectivity index (χ4n) is 3.31. The Hall–Kier alpha value is -3.49. The molecule has 0 saturated carbocycles. The molecule has 0 aliphatic carbocycles. The number of hydrogen-bond acceptors (Lipinski definition) is 6. The van der Waals surface area contributed by atoms with Crippen molar-refractivity contribution in [3.8, 4) is 5.69 Å². The Morgan fingerprint density at radius 1 is 1.12 bits per heavy atom. The second-order valence-electron chi connectivity index (χ2n) is 7.33. The van der Waals surface area contributed by atoms with Crippen molar-refractivity contribution in [3.63, 3.8) is 0 Å². The van der Waals surface area contributed by atoms with Crippen LogP contribution in [0.25, 0.3) is 16.5 Å². The van der Waals surface area contributed by atoms with Crippen LogP contribution in [0.1, 0.15) is 28.5 Å². The first-order valence-electron chi connectivity index (χ1n) is 10.2. The van der Waals surface area contributed by atoms with Gasteiger partial charge in [0.2, 0.25) is 5.91 Å². The zero-order valence-corrected chi connectivity index (χ0v) is 19.5. The molecule has 7 nitrogen and oxygen atoms in total. The van der Waals surface area contributed by atoms with Crippen molar-refractivity contribution in [2.45, 2.75) is 20.3 Å². The maximum absolute atomic E-state index is 13.4. The van der Waals surface area contributed by atoms with E-state index in [1.807, 2.05) is 19.1 Å². The number of thiophene rings is 1. The zero-order chi connectivity index (χ0) is 23.5. The SMILES string of the molecule is CCOC(=O)c1nn(-c2ccc(C)cc2)c(=O)c2c(NC(=O)Cc3ccc(Cl)cc3)scc12. The van der Waals surface area contributed by atoms with E-state index in [0.29, 0.717) is 21.1 Å². The number of anilines is 1. The number of ether oxygens (including phenoxy) is 1. The Bertz CT molecular complexity index is 1390. The van der Waals surface area contributed by atoms with E-state index in [0.717, 1.165) is 27.1 Å². The van der Waals surface area contributed by atoms with Gasteiger partial charge in [0.1, 0.15) is 5.00 Å². The third kappa shape index (κ3) is 4.81. The van der Waals surface area contributed by atoms with Gasteiger partial charge in [-0.25, -0.2) is 4.79 Å². The number of carbonyl (C=O) groups is 2. The van der Waals surface area contributed by atoms with Gasteiger partial charge in [0.15, 0.2) is 5.69 Å². The average Bonchev–Trinajstić information content (AvgIpc) is 3.20. The van der Waals surface area contributed by atoms with Crippen LogP contribution >= 0.6 is 22.9 Å². The highest BCUT2D eigenvalue weighted by atomic mass is 35.5. The first-order valence-corrected chi connectivity index (χ1v) is 11.5. The molecular formula is C24H20ClN3O4S. The van der Waals surface area contributed by atoms with Crippen molar-refractivity contribution in [1.29, 1.82) is 0 Å². The van der Waals surface area contributed by atoms with Gasteiger partial charge in [-0.1, -0.05) is 41.4 Å². The van der Waals surface area contributed by atoms with Gasteiger partial charge >= 0.3 is 5.97 Å². The molecule has 168 valence electrons. The summed E-state index contributed by atoms with van der Waals surface area (Å²) in [5, 5.41) is 10.2. The number of halogens is 1. The number of fused-ring (bicyclic) bond motifs is 1. The number of hydrogen-bond donors (Lipinski definition) is 1. The molecule has 2 aromatic heterocycles. The Balaban J connectivity index is 1.78. The fraction of sp³-hybridized carbons (Fsp3) is 0.167. The molecule has 0 bridgehead atoms. The van der Waals surface area contributed by atoms with E-state index in [1.165, 1.54) is 0 Å². The first-order chi connectivity index (χ1) is 15.9. The lowest BCUT2D eigenvalue weighted by Crippen LogP contribution is -2.25. The summed E-state index contributed by atoms with van der Waals surface area (Å²) in [5.74, 6) is -0.933. The minimum absolute atomic E-state index is 0.0153. The smallest absolute Gasteiger partial charge is 0.359 e. The largest absolute Gasteiger partial charge is 0.461 e. The van der Waals surface area contributed by atoms with E-state index in [1.54, 1.807) is 48.7 Å². The molecule has 0 spiro atoms. The molecule has 0 aliphatic rings. The minimum atomic E-state index is -0.639. The maximum atomic E-state index is 13.4. The molecule has 0 aliphatic heterocycles. The Kier molecular flexibility index (Phi) is 6.57. The fourth-order valence-corrected chi connectivity index (χ4v) is 4.39. The summed E-state index contributed by atoms with van der Waals surface area (Å²) >= 11 is 7.06. The van der Waals surface area contributed by atoms with Gasteiger partial charge < -0.3 is 10.1 Å². The lowest BCUT2D eigenvalue weighted by Gasteiger charge is -2.10. The number of benzene rings is 2. The van der Waals surface area contributed by atoms with Crippen molar-refractivity contribution in [1.82, 2.24) is 9.78 Å². The topological polar surface area (TPSA) is 90.3 Å². The van der Waals surface area contributed by atoms with Crippen LogP contribution in [-0.2, 0) is 16.0 Å². The molecule has 1 amide bonds. The van der Waals surface area contributed by atoms with Crippen LogP contribution in [0.4, 0.5) is 5.00 Å². The lowest BCUT2D eigenvalue weighted by molar-refractivity contribution is -0.115. The zero-order valence-electron chi connectivity index (χ0n) is 17.9. The summed E-state index contributed by atoms with van der Waals surface area (Å²) < 4.78 is 6.32. The Morgan fingerprint density at radius 3 is 2.48 bits per heavy atom. The van der Waals surface area contributed by atoms with Crippen LogP contribution < -0.4 is 10.9 Å². The number of rotatable bonds is 6. The predicted molar refractivity (Wildman–Crippen MR) is 130 cm³/mol. The van der Waals surface area contributed by atoms with Gasteiger partial charge in [-0.2, -0.15) is 9.78 Å². The number of aryl methyl sites for hydroxylation is 1. The quantitative estimate of drug-likeness (QED) is 0.401. The van der Waals surface area contributed by atoms with Gasteiger partial charge in [0, 0.05) is 15.8 Å². The van der Waals surface area contributed by atoms with Crippen molar-refractivity contribution < 1.29 is 14.3 Å². The second kappa shape index (κ2) is 9.56. The summed E-state index contributed by atoms with van der Waals surface area (Å²) in [4.78, 5) is 38.7. The van der Waals surface area contributed by atoms with Crippen LogP contribution in [0.3, 0.4) is 0 Å². The standard InChI is InChI=1S/C24H20ClN3O4S/c1-3-32-24(31)21-18-13-33-22(26-19(29)12-15-6-8-16(25)9-7-15)20(18)23(30)28(27-21)17-10-4-14(2)5-11-17/h4-11,13H,3,12H2,1-2H3,(H,26,29). The van der Waals surface area contributed by atoms with Gasteiger partial charge in [-0.05, 0) is 43.7 Å². The predicted octanol–water partition coefficient (Wildman–Crippen LogP) is 4.77. The molecule has 0 saturated heterocycles. The van der Waals surface area contributed by atoms with E-state index < -0.39 is 11.5 Å². The Morgan fingerprint density at radius 2 is 1.82 bits per heavy atom. The van der Waals surface area contributed by atoms with Crippen molar-refractivity contribution in [2.75, 3.05) is 11.9 Å². The van der Waals surface area contributed by atoms with Crippen LogP contribution in [-0.4, -0.2) is 28.3 Å². The van der Waals surface area contributed by atoms with Crippen molar-refractivity contribution in [2.24, 2.45) is 0 Å². The van der Waals surface area contributed by atoms with Crippen LogP contribution in [0.15, 0.2) is 58.7 Å². The highest BCUT2D eigenvalue weighted by molar-refractivity contribution is 7.16. The monoisotopic (exact) mass is 481 g/mol. The van der Waals surface area contributed by atoms with Crippen LogP contribution in [0, 0.1) is 6.92 Å². The average molecular weight is 482 g/mol. The van der Waals surface area contributed by atoms with Crippen LogP contribution in [0.5, 0.6) is 0 Å². The second-order valence-corrected chi connectivity index (χ2v) is 8.64. The molecule has 1 N–H and O–H groups in total. The number of nitrogens with one attached hydrogen (secondary N) is 1. The van der Waals surface area contributed by atoms with Gasteiger partial charge in [0.05, 0.1) is 24.1 Å². The molecule has 33 heavy (non-hydrogen) atoms. The highest BCUT2D eigenvalue weighted by Gasteiger charge is 2.23. The Labute approximate surface area is 198 Å². The molecule has 0 fully saturated rings. The molecule has 2 aromatic carbocycles. The normalized spacial score (nSPS) is 10.9. The van der Waals surface area contributed by atoms with Crippen molar-refractivity contribution >= 4 is 50.6 Å². The number of esters is 1. The summed E-state index contributed by atoms with van der Waals surface area (Å²) in [6.45, 7) is 3.79. The highest BCUT2D eigenvalue weighted by Crippen LogP contribution is 2.31. The third-order valence-electron chi connectivity index (χ3n) is 4.93. The maximum Gasteiger partial charge on any atom is 0.359 e. The molecular weight excluding hydrogens is 462 g/mol. The van der Waals surface area contributed by atoms with E-state index in [2.05, 4.69) is 10.4 Å². The van der Waals surface area contributed by atoms with Crippen LogP contribution in [0.2, 0.25) is 5.02 Å². The summed E-state index contributed by atoms with van der Waals surface area (Å²) in [7, 11) is 0. The van der Waals surface area contributed by atoms with E-state index >= 15 is 0 Å². The van der Waals surface area contributed by atoms with E-state index in [-0.39, 0.29) is 30.0 Å². The molecule has 2 heterocycles. The van der Waals surface area contributed by atoms with Crippen molar-refractivity contribution in [3.05, 3.63) is 86.1 Å². The number of aromatic nitrogens is 2. The third-order valence-corrected chi connectivity index (χ3v) is 6.08. The summed E-state index contributed by atoms with van der Waals surface area (Å²) in [6.07, 6.45) is 0.110. The summed E-state index contributed by atoms with van der Waals surface area (Å²) in [5.41, 5.74) is 1.88. The van der Waals surface area contributed by atoms with E-state index in [4.69, 9.17) is 16.3 Å². The number of amides is 1. The molecule has 0 radical (unpaired) electrons. The molecule has 9 heteroatoms. The molecule has 4 rings (SSSR count). The first kappa shape index (κ1) is 22.7. The molecule has 0 unspecified atom stereocenters.